The van der Waals surface area contributed by atoms with Crippen LogP contribution in [0, 0.1) is 11.8 Å². The fraction of sp³-hybridized carbons (Fsp3) is 1.00. The van der Waals surface area contributed by atoms with Gasteiger partial charge < -0.3 is 10.1 Å². The van der Waals surface area contributed by atoms with E-state index in [9.17, 15) is 0 Å². The van der Waals surface area contributed by atoms with Crippen LogP contribution in [0.5, 0.6) is 0 Å². The molecule has 3 atom stereocenters. The van der Waals surface area contributed by atoms with E-state index in [1.54, 1.807) is 0 Å². The van der Waals surface area contributed by atoms with Crippen molar-refractivity contribution in [1.82, 2.24) is 5.32 Å². The van der Waals surface area contributed by atoms with Gasteiger partial charge in [0, 0.05) is 19.2 Å². The van der Waals surface area contributed by atoms with E-state index >= 15 is 0 Å². The van der Waals surface area contributed by atoms with Gasteiger partial charge in [-0.05, 0) is 44.9 Å². The molecule has 3 unspecified atom stereocenters. The lowest BCUT2D eigenvalue weighted by atomic mass is 9.84. The van der Waals surface area contributed by atoms with E-state index in [-0.39, 0.29) is 0 Å². The third kappa shape index (κ3) is 3.21. The number of nitrogens with one attached hydrogen (secondary N) is 1. The fourth-order valence-corrected chi connectivity index (χ4v) is 3.18. The average Bonchev–Trinajstić information content (AvgIpc) is 2.73. The van der Waals surface area contributed by atoms with Crippen molar-refractivity contribution in [3.63, 3.8) is 0 Å². The van der Waals surface area contributed by atoms with Gasteiger partial charge in [0.1, 0.15) is 0 Å². The molecule has 2 heteroatoms. The molecule has 1 saturated carbocycles. The number of hydrogen-bond donors (Lipinski definition) is 1. The molecule has 0 aromatic rings. The van der Waals surface area contributed by atoms with Crippen molar-refractivity contribution >= 4 is 0 Å². The fourth-order valence-electron chi connectivity index (χ4n) is 3.18. The number of hydrogen-bond acceptors (Lipinski definition) is 2. The van der Waals surface area contributed by atoms with Crippen LogP contribution < -0.4 is 5.32 Å². The van der Waals surface area contributed by atoms with Crippen molar-refractivity contribution in [3.05, 3.63) is 0 Å². The predicted octanol–water partition coefficient (Wildman–Crippen LogP) is 2.97. The second kappa shape index (κ2) is 6.02. The first-order valence-electron chi connectivity index (χ1n) is 7.12. The first-order valence-corrected chi connectivity index (χ1v) is 7.12. The van der Waals surface area contributed by atoms with Gasteiger partial charge >= 0.3 is 0 Å². The van der Waals surface area contributed by atoms with Crippen LogP contribution in [0.3, 0.4) is 0 Å². The molecule has 0 aromatic heterocycles. The maximum absolute atomic E-state index is 5.60. The predicted molar refractivity (Wildman–Crippen MR) is 67.6 cm³/mol. The molecule has 0 amide bonds. The highest BCUT2D eigenvalue weighted by Gasteiger charge is 2.26. The molecule has 94 valence electrons. The van der Waals surface area contributed by atoms with Crippen LogP contribution in [0.1, 0.15) is 52.4 Å². The summed E-state index contributed by atoms with van der Waals surface area (Å²) in [6.45, 7) is 6.70. The Balaban J connectivity index is 1.68. The van der Waals surface area contributed by atoms with Crippen molar-refractivity contribution in [1.29, 1.82) is 0 Å². The normalized spacial score (nSPS) is 34.1. The highest BCUT2D eigenvalue weighted by molar-refractivity contribution is 4.80. The summed E-state index contributed by atoms with van der Waals surface area (Å²) in [5.41, 5.74) is 0. The molecule has 2 fully saturated rings. The van der Waals surface area contributed by atoms with Gasteiger partial charge in [-0.15, -0.1) is 0 Å². The largest absolute Gasteiger partial charge is 0.378 e. The lowest BCUT2D eigenvalue weighted by Gasteiger charge is -2.29. The Morgan fingerprint density at radius 2 is 1.94 bits per heavy atom. The summed E-state index contributed by atoms with van der Waals surface area (Å²) in [5.74, 6) is 1.66. The summed E-state index contributed by atoms with van der Waals surface area (Å²) >= 11 is 0. The van der Waals surface area contributed by atoms with Crippen LogP contribution in [0.25, 0.3) is 0 Å². The first-order chi connectivity index (χ1) is 7.77. The standard InChI is InChI=1S/C14H27NO/c1-11(13-6-4-3-5-7-13)15-10-14-8-9-16-12(14)2/h11-15H,3-10H2,1-2H3. The van der Waals surface area contributed by atoms with Crippen molar-refractivity contribution < 1.29 is 4.74 Å². The molecule has 0 radical (unpaired) electrons. The lowest BCUT2D eigenvalue weighted by molar-refractivity contribution is 0.104. The Kier molecular flexibility index (Phi) is 4.66. The van der Waals surface area contributed by atoms with Crippen LogP contribution in [0.4, 0.5) is 0 Å². The quantitative estimate of drug-likeness (QED) is 0.794. The van der Waals surface area contributed by atoms with E-state index in [0.717, 1.165) is 25.0 Å². The molecule has 1 saturated heterocycles. The van der Waals surface area contributed by atoms with E-state index in [1.165, 1.54) is 38.5 Å². The molecule has 0 spiro atoms. The molecule has 1 aliphatic carbocycles. The smallest absolute Gasteiger partial charge is 0.0588 e. The van der Waals surface area contributed by atoms with Crippen LogP contribution in [-0.4, -0.2) is 25.3 Å². The molecule has 0 aromatic carbocycles. The highest BCUT2D eigenvalue weighted by atomic mass is 16.5. The first kappa shape index (κ1) is 12.4. The molecule has 0 bridgehead atoms. The third-order valence-corrected chi connectivity index (χ3v) is 4.59. The molecule has 2 rings (SSSR count). The maximum Gasteiger partial charge on any atom is 0.0588 e. The van der Waals surface area contributed by atoms with Crippen LogP contribution >= 0.6 is 0 Å². The topological polar surface area (TPSA) is 21.3 Å². The molecule has 1 heterocycles. The van der Waals surface area contributed by atoms with Gasteiger partial charge in [0.25, 0.3) is 0 Å². The maximum atomic E-state index is 5.60. The molecule has 1 N–H and O–H groups in total. The second-order valence-corrected chi connectivity index (χ2v) is 5.72. The molecule has 1 aliphatic heterocycles. The van der Waals surface area contributed by atoms with Gasteiger partial charge in [-0.2, -0.15) is 0 Å². The van der Waals surface area contributed by atoms with Crippen molar-refractivity contribution in [2.45, 2.75) is 64.5 Å². The van der Waals surface area contributed by atoms with E-state index in [1.807, 2.05) is 0 Å². The Labute approximate surface area is 100 Å². The summed E-state index contributed by atoms with van der Waals surface area (Å²) in [4.78, 5) is 0. The molecule has 2 aliphatic rings. The van der Waals surface area contributed by atoms with E-state index in [2.05, 4.69) is 19.2 Å². The molecule has 2 nitrogen and oxygen atoms in total. The minimum absolute atomic E-state index is 0.464. The van der Waals surface area contributed by atoms with Crippen LogP contribution in [-0.2, 0) is 4.74 Å². The monoisotopic (exact) mass is 225 g/mol. The zero-order chi connectivity index (χ0) is 11.4. The van der Waals surface area contributed by atoms with E-state index < -0.39 is 0 Å². The Morgan fingerprint density at radius 1 is 1.19 bits per heavy atom. The van der Waals surface area contributed by atoms with Crippen LogP contribution in [0.15, 0.2) is 0 Å². The summed E-state index contributed by atoms with van der Waals surface area (Å²) in [7, 11) is 0. The van der Waals surface area contributed by atoms with Gasteiger partial charge in [-0.3, -0.25) is 0 Å². The Morgan fingerprint density at radius 3 is 2.56 bits per heavy atom. The van der Waals surface area contributed by atoms with E-state index in [4.69, 9.17) is 4.74 Å². The summed E-state index contributed by atoms with van der Waals surface area (Å²) in [6, 6.07) is 0.702. The zero-order valence-corrected chi connectivity index (χ0v) is 10.9. The second-order valence-electron chi connectivity index (χ2n) is 5.72. The third-order valence-electron chi connectivity index (χ3n) is 4.59. The minimum atomic E-state index is 0.464. The van der Waals surface area contributed by atoms with Gasteiger partial charge in [-0.1, -0.05) is 19.3 Å². The molecular weight excluding hydrogens is 198 g/mol. The van der Waals surface area contributed by atoms with Crippen molar-refractivity contribution in [3.8, 4) is 0 Å². The van der Waals surface area contributed by atoms with Gasteiger partial charge in [0.05, 0.1) is 6.10 Å². The Hall–Kier alpha value is -0.0800. The van der Waals surface area contributed by atoms with Gasteiger partial charge in [0.2, 0.25) is 0 Å². The van der Waals surface area contributed by atoms with Gasteiger partial charge in [-0.25, -0.2) is 0 Å². The van der Waals surface area contributed by atoms with Crippen LogP contribution in [0.2, 0.25) is 0 Å². The minimum Gasteiger partial charge on any atom is -0.378 e. The number of ether oxygens (including phenoxy) is 1. The van der Waals surface area contributed by atoms with Crippen molar-refractivity contribution in [2.24, 2.45) is 11.8 Å². The van der Waals surface area contributed by atoms with Gasteiger partial charge in [0.15, 0.2) is 0 Å². The summed E-state index contributed by atoms with van der Waals surface area (Å²) in [6.07, 6.45) is 8.92. The summed E-state index contributed by atoms with van der Waals surface area (Å²) in [5, 5.41) is 3.74. The lowest BCUT2D eigenvalue weighted by Crippen LogP contribution is -2.38. The Bertz CT molecular complexity index is 201. The van der Waals surface area contributed by atoms with Crippen molar-refractivity contribution in [2.75, 3.05) is 13.2 Å². The molecule has 16 heavy (non-hydrogen) atoms. The number of rotatable bonds is 4. The average molecular weight is 225 g/mol. The molecular formula is C14H27NO. The highest BCUT2D eigenvalue weighted by Crippen LogP contribution is 2.27. The van der Waals surface area contributed by atoms with E-state index in [0.29, 0.717) is 12.1 Å². The zero-order valence-electron chi connectivity index (χ0n) is 10.9. The summed E-state index contributed by atoms with van der Waals surface area (Å²) < 4.78 is 5.60. The SMILES string of the molecule is CC(NCC1CCOC1C)C1CCCCC1.